The van der Waals surface area contributed by atoms with Crippen LogP contribution in [0.25, 0.3) is 5.69 Å². The van der Waals surface area contributed by atoms with Gasteiger partial charge in [0.1, 0.15) is 5.75 Å². The maximum atomic E-state index is 13.0. The molecule has 0 radical (unpaired) electrons. The molecule has 0 aliphatic rings. The van der Waals surface area contributed by atoms with Gasteiger partial charge in [-0.15, -0.1) is 0 Å². The third-order valence-corrected chi connectivity index (χ3v) is 6.37. The van der Waals surface area contributed by atoms with Crippen LogP contribution < -0.4 is 10.2 Å². The smallest absolute Gasteiger partial charge is 0.416 e. The summed E-state index contributed by atoms with van der Waals surface area (Å²) in [6.07, 6.45) is -3.24. The number of aryl methyl sites for hydroxylation is 1. The minimum Gasteiger partial charge on any atom is -0.450 e. The van der Waals surface area contributed by atoms with Crippen molar-refractivity contribution in [1.29, 1.82) is 0 Å². The fraction of sp³-hybridized carbons (Fsp3) is 0.111. The van der Waals surface area contributed by atoms with Crippen LogP contribution in [-0.4, -0.2) is 21.6 Å². The van der Waals surface area contributed by atoms with Crippen molar-refractivity contribution < 1.29 is 27.6 Å². The Morgan fingerprint density at radius 2 is 1.75 bits per heavy atom. The Bertz CT molecular complexity index is 1630. The van der Waals surface area contributed by atoms with Gasteiger partial charge in [-0.2, -0.15) is 18.3 Å². The van der Waals surface area contributed by atoms with Crippen molar-refractivity contribution in [3.63, 3.8) is 0 Å². The van der Waals surface area contributed by atoms with E-state index in [-0.39, 0.29) is 22.1 Å². The molecular weight excluding hydrogens is 572 g/mol. The molecule has 3 aromatic carbocycles. The lowest BCUT2D eigenvalue weighted by molar-refractivity contribution is -0.385. The number of carbonyl (C=O) groups excluding carboxylic acids is 1. The van der Waals surface area contributed by atoms with Gasteiger partial charge < -0.3 is 9.30 Å². The molecule has 4 aromatic rings. The second-order valence-corrected chi connectivity index (χ2v) is 9.36. The average molecular weight is 591 g/mol. The van der Waals surface area contributed by atoms with E-state index in [2.05, 4.69) is 10.5 Å². The van der Waals surface area contributed by atoms with Crippen LogP contribution in [0, 0.1) is 24.0 Å². The van der Waals surface area contributed by atoms with E-state index in [1.54, 1.807) is 30.3 Å². The lowest BCUT2D eigenvalue weighted by Gasteiger charge is -2.12. The topological polar surface area (TPSA) is 98.8 Å². The molecule has 40 heavy (non-hydrogen) atoms. The van der Waals surface area contributed by atoms with E-state index in [9.17, 15) is 28.1 Å². The van der Waals surface area contributed by atoms with Crippen molar-refractivity contribution >= 4 is 41.0 Å². The summed E-state index contributed by atoms with van der Waals surface area (Å²) in [5.74, 6) is -0.630. The highest BCUT2D eigenvalue weighted by Gasteiger charge is 2.33. The Hall–Kier alpha value is -4.35. The van der Waals surface area contributed by atoms with Crippen molar-refractivity contribution in [3.8, 4) is 17.2 Å². The van der Waals surface area contributed by atoms with Crippen molar-refractivity contribution in [2.45, 2.75) is 20.0 Å². The Kier molecular flexibility index (Phi) is 8.17. The summed E-state index contributed by atoms with van der Waals surface area (Å²) < 4.78 is 46.3. The van der Waals surface area contributed by atoms with Crippen molar-refractivity contribution in [1.82, 2.24) is 9.99 Å². The molecule has 0 saturated heterocycles. The molecule has 0 fully saturated rings. The van der Waals surface area contributed by atoms with Crippen LogP contribution >= 0.6 is 23.2 Å². The number of hydrogen-bond acceptors (Lipinski definition) is 5. The Labute approximate surface area is 235 Å². The van der Waals surface area contributed by atoms with Crippen LogP contribution in [0.1, 0.15) is 32.9 Å². The van der Waals surface area contributed by atoms with Gasteiger partial charge in [0.25, 0.3) is 5.91 Å². The van der Waals surface area contributed by atoms with Gasteiger partial charge in [-0.05, 0) is 74.5 Å². The number of rotatable bonds is 7. The Balaban J connectivity index is 1.51. The lowest BCUT2D eigenvalue weighted by atomic mass is 10.2. The number of nitro groups is 1. The van der Waals surface area contributed by atoms with E-state index < -0.39 is 28.3 Å². The van der Waals surface area contributed by atoms with Gasteiger partial charge in [0, 0.05) is 33.7 Å². The summed E-state index contributed by atoms with van der Waals surface area (Å²) >= 11 is 11.9. The number of aromatic nitrogens is 1. The van der Waals surface area contributed by atoms with Gasteiger partial charge in [0.15, 0.2) is 0 Å². The maximum Gasteiger partial charge on any atom is 0.416 e. The third-order valence-electron chi connectivity index (χ3n) is 5.82. The number of nitro benzene ring substituents is 1. The number of nitrogens with one attached hydrogen (secondary N) is 1. The van der Waals surface area contributed by atoms with Crippen LogP contribution in [0.2, 0.25) is 10.0 Å². The average Bonchev–Trinajstić information content (AvgIpc) is 3.16. The number of ether oxygens (including phenoxy) is 1. The minimum absolute atomic E-state index is 0.193. The largest absolute Gasteiger partial charge is 0.450 e. The zero-order valence-corrected chi connectivity index (χ0v) is 22.3. The van der Waals surface area contributed by atoms with Gasteiger partial charge in [0.2, 0.25) is 5.75 Å². The molecule has 13 heteroatoms. The van der Waals surface area contributed by atoms with E-state index >= 15 is 0 Å². The first kappa shape index (κ1) is 28.7. The van der Waals surface area contributed by atoms with Crippen molar-refractivity contribution in [2.24, 2.45) is 5.10 Å². The normalized spacial score (nSPS) is 11.6. The number of amides is 1. The number of nitrogens with zero attached hydrogens (tertiary/aromatic N) is 3. The second kappa shape index (κ2) is 11.4. The van der Waals surface area contributed by atoms with Gasteiger partial charge >= 0.3 is 11.9 Å². The molecule has 1 amide bonds. The number of hydrazone groups is 1. The summed E-state index contributed by atoms with van der Waals surface area (Å²) in [5, 5.41) is 15.9. The van der Waals surface area contributed by atoms with Crippen LogP contribution in [0.4, 0.5) is 18.9 Å². The maximum absolute atomic E-state index is 13.0. The quantitative estimate of drug-likeness (QED) is 0.134. The Morgan fingerprint density at radius 1 is 1.05 bits per heavy atom. The van der Waals surface area contributed by atoms with E-state index in [1.807, 2.05) is 24.5 Å². The highest BCUT2D eigenvalue weighted by Crippen LogP contribution is 2.38. The molecule has 8 nitrogen and oxygen atoms in total. The monoisotopic (exact) mass is 590 g/mol. The van der Waals surface area contributed by atoms with Gasteiger partial charge in [-0.25, -0.2) is 5.43 Å². The molecular formula is C27H19Cl2F3N4O4. The first-order valence-electron chi connectivity index (χ1n) is 11.5. The lowest BCUT2D eigenvalue weighted by Crippen LogP contribution is -2.18. The predicted molar refractivity (Wildman–Crippen MR) is 145 cm³/mol. The molecule has 1 aromatic heterocycles. The number of alkyl halides is 3. The molecule has 0 saturated carbocycles. The van der Waals surface area contributed by atoms with Crippen LogP contribution in [-0.2, 0) is 6.18 Å². The fourth-order valence-electron chi connectivity index (χ4n) is 3.92. The molecule has 0 aliphatic heterocycles. The van der Waals surface area contributed by atoms with Crippen molar-refractivity contribution in [2.75, 3.05) is 0 Å². The van der Waals surface area contributed by atoms with Crippen LogP contribution in [0.3, 0.4) is 0 Å². The molecule has 206 valence electrons. The minimum atomic E-state index is -4.73. The molecule has 0 spiro atoms. The fourth-order valence-corrected chi connectivity index (χ4v) is 4.42. The summed E-state index contributed by atoms with van der Waals surface area (Å²) in [6.45, 7) is 3.72. The molecule has 0 aliphatic carbocycles. The highest BCUT2D eigenvalue weighted by molar-refractivity contribution is 6.36. The zero-order chi connectivity index (χ0) is 29.2. The number of halogens is 5. The zero-order valence-electron chi connectivity index (χ0n) is 20.8. The molecule has 1 heterocycles. The summed E-state index contributed by atoms with van der Waals surface area (Å²) in [5.41, 5.74) is 3.79. The summed E-state index contributed by atoms with van der Waals surface area (Å²) in [4.78, 5) is 22.8. The number of carbonyl (C=O) groups is 1. The summed E-state index contributed by atoms with van der Waals surface area (Å²) in [6, 6.07) is 14.9. The molecule has 0 unspecified atom stereocenters. The highest BCUT2D eigenvalue weighted by atomic mass is 35.5. The Morgan fingerprint density at radius 3 is 2.38 bits per heavy atom. The number of hydrogen-bond donors (Lipinski definition) is 1. The van der Waals surface area contributed by atoms with Gasteiger partial charge in [0.05, 0.1) is 27.3 Å². The predicted octanol–water partition coefficient (Wildman–Crippen LogP) is 7.88. The third kappa shape index (κ3) is 6.27. The second-order valence-electron chi connectivity index (χ2n) is 8.52. The van der Waals surface area contributed by atoms with Crippen LogP contribution in [0.5, 0.6) is 11.5 Å². The van der Waals surface area contributed by atoms with E-state index in [1.165, 1.54) is 18.3 Å². The summed E-state index contributed by atoms with van der Waals surface area (Å²) in [7, 11) is 0. The molecule has 0 bridgehead atoms. The molecule has 0 atom stereocenters. The first-order chi connectivity index (χ1) is 18.8. The van der Waals surface area contributed by atoms with Crippen LogP contribution in [0.15, 0.2) is 71.8 Å². The first-order valence-corrected chi connectivity index (χ1v) is 12.2. The van der Waals surface area contributed by atoms with Gasteiger partial charge in [-0.3, -0.25) is 14.9 Å². The van der Waals surface area contributed by atoms with E-state index in [0.29, 0.717) is 11.1 Å². The standard InChI is InChI=1S/C27H19Cl2F3N4O4/c1-15-11-17(14-33-34-26(37)22-9-4-19(28)13-23(22)29)16(2)35(15)20-5-7-21(8-6-20)40-25-10-3-18(27(30,31)32)12-24(25)36(38)39/h3-14H,1-2H3,(H,34,37)/b33-14-. The van der Waals surface area contributed by atoms with Crippen molar-refractivity contribution in [3.05, 3.63) is 115 Å². The van der Waals surface area contributed by atoms with E-state index in [4.69, 9.17) is 27.9 Å². The molecule has 4 rings (SSSR count). The molecule has 1 N–H and O–H groups in total. The SMILES string of the molecule is Cc1cc(/C=N\NC(=O)c2ccc(Cl)cc2Cl)c(C)n1-c1ccc(Oc2ccc(C(F)(F)F)cc2[N+](=O)[O-])cc1. The number of benzene rings is 3. The van der Waals surface area contributed by atoms with Gasteiger partial charge in [-0.1, -0.05) is 23.2 Å². The van der Waals surface area contributed by atoms with E-state index in [0.717, 1.165) is 34.8 Å².